The highest BCUT2D eigenvalue weighted by molar-refractivity contribution is 7.91. The van der Waals surface area contributed by atoms with Crippen molar-refractivity contribution in [2.24, 2.45) is 0 Å². The number of likely N-dealkylation sites (N-methyl/N-ethyl adjacent to an activating group) is 1. The van der Waals surface area contributed by atoms with E-state index in [9.17, 15) is 8.42 Å². The van der Waals surface area contributed by atoms with Gasteiger partial charge in [0.1, 0.15) is 10.6 Å². The molecule has 9 heteroatoms. The molecule has 4 aromatic rings. The third kappa shape index (κ3) is 6.37. The van der Waals surface area contributed by atoms with Crippen molar-refractivity contribution >= 4 is 15.4 Å². The van der Waals surface area contributed by atoms with Gasteiger partial charge in [0.05, 0.1) is 36.9 Å². The molecule has 0 atom stereocenters. The van der Waals surface area contributed by atoms with E-state index in [0.717, 1.165) is 43.0 Å². The Hall–Kier alpha value is -3.56. The summed E-state index contributed by atoms with van der Waals surface area (Å²) >= 11 is 0. The summed E-state index contributed by atoms with van der Waals surface area (Å²) in [6.45, 7) is 6.15. The molecule has 0 amide bonds. The quantitative estimate of drug-likeness (QED) is 0.216. The van der Waals surface area contributed by atoms with Crippen molar-refractivity contribution in [3.63, 3.8) is 0 Å². The SMILES string of the molecule is CCc1nn2cccc(C)c2c1S(=O)(=O)c1ccc(OCCCN(C)CCc2ccc(OC)c(OC)c2)cc1. The number of nitrogens with zero attached hydrogens (tertiary/aromatic N) is 3. The largest absolute Gasteiger partial charge is 0.494 e. The molecule has 8 nitrogen and oxygen atoms in total. The van der Waals surface area contributed by atoms with Gasteiger partial charge in [-0.25, -0.2) is 12.9 Å². The highest BCUT2D eigenvalue weighted by Crippen LogP contribution is 2.31. The van der Waals surface area contributed by atoms with Gasteiger partial charge in [-0.3, -0.25) is 0 Å². The van der Waals surface area contributed by atoms with E-state index >= 15 is 0 Å². The van der Waals surface area contributed by atoms with Crippen LogP contribution in [-0.4, -0.2) is 63.9 Å². The molecule has 4 rings (SSSR count). The number of hydrogen-bond acceptors (Lipinski definition) is 7. The molecule has 39 heavy (non-hydrogen) atoms. The van der Waals surface area contributed by atoms with Gasteiger partial charge in [-0.15, -0.1) is 0 Å². The lowest BCUT2D eigenvalue weighted by Crippen LogP contribution is -2.23. The van der Waals surface area contributed by atoms with Crippen LogP contribution in [0.4, 0.5) is 0 Å². The molecule has 0 aliphatic rings. The highest BCUT2D eigenvalue weighted by Gasteiger charge is 2.27. The fourth-order valence-corrected chi connectivity index (χ4v) is 6.36. The molecule has 0 fully saturated rings. The summed E-state index contributed by atoms with van der Waals surface area (Å²) in [5, 5.41) is 4.51. The Labute approximate surface area is 231 Å². The van der Waals surface area contributed by atoms with E-state index in [-0.39, 0.29) is 9.79 Å². The number of sulfone groups is 1. The smallest absolute Gasteiger partial charge is 0.210 e. The number of aryl methyl sites for hydroxylation is 2. The third-order valence-electron chi connectivity index (χ3n) is 6.80. The summed E-state index contributed by atoms with van der Waals surface area (Å²) in [6, 6.07) is 16.4. The second-order valence-corrected chi connectivity index (χ2v) is 11.4. The Bertz CT molecular complexity index is 1510. The zero-order chi connectivity index (χ0) is 28.0. The lowest BCUT2D eigenvalue weighted by Gasteiger charge is -2.17. The first kappa shape index (κ1) is 28.4. The van der Waals surface area contributed by atoms with Crippen LogP contribution >= 0.6 is 0 Å². The standard InChI is InChI=1S/C30H37N3O5S/c1-6-26-30(29-22(2)9-7-18-33(29)31-26)39(34,35)25-13-11-24(12-14-25)38-20-8-17-32(3)19-16-23-10-15-27(36-4)28(21-23)37-5/h7,9-15,18,21H,6,8,16-17,19-20H2,1-5H3. The summed E-state index contributed by atoms with van der Waals surface area (Å²) in [4.78, 5) is 2.78. The van der Waals surface area contributed by atoms with E-state index < -0.39 is 9.84 Å². The zero-order valence-electron chi connectivity index (χ0n) is 23.3. The molecule has 0 aliphatic carbocycles. The van der Waals surface area contributed by atoms with Gasteiger partial charge in [0.25, 0.3) is 0 Å². The topological polar surface area (TPSA) is 82.4 Å². The van der Waals surface area contributed by atoms with Crippen molar-refractivity contribution in [3.05, 3.63) is 77.6 Å². The van der Waals surface area contributed by atoms with Crippen LogP contribution in [0.3, 0.4) is 0 Å². The first-order valence-corrected chi connectivity index (χ1v) is 14.6. The zero-order valence-corrected chi connectivity index (χ0v) is 24.1. The van der Waals surface area contributed by atoms with E-state index in [1.54, 1.807) is 49.2 Å². The molecule has 0 N–H and O–H groups in total. The molecule has 0 saturated heterocycles. The van der Waals surface area contributed by atoms with E-state index in [4.69, 9.17) is 14.2 Å². The van der Waals surface area contributed by atoms with Crippen molar-refractivity contribution in [1.82, 2.24) is 14.5 Å². The molecular weight excluding hydrogens is 514 g/mol. The maximum atomic E-state index is 13.6. The summed E-state index contributed by atoms with van der Waals surface area (Å²) in [7, 11) is 1.63. The minimum Gasteiger partial charge on any atom is -0.494 e. The highest BCUT2D eigenvalue weighted by atomic mass is 32.2. The monoisotopic (exact) mass is 551 g/mol. The third-order valence-corrected chi connectivity index (χ3v) is 8.66. The van der Waals surface area contributed by atoms with Crippen molar-refractivity contribution in [3.8, 4) is 17.2 Å². The van der Waals surface area contributed by atoms with Crippen molar-refractivity contribution in [2.75, 3.05) is 41.0 Å². The summed E-state index contributed by atoms with van der Waals surface area (Å²) in [6.07, 6.45) is 4.06. The van der Waals surface area contributed by atoms with Gasteiger partial charge in [0, 0.05) is 19.3 Å². The van der Waals surface area contributed by atoms with Crippen molar-refractivity contribution in [1.29, 1.82) is 0 Å². The minimum atomic E-state index is -3.74. The number of hydrogen-bond donors (Lipinski definition) is 0. The van der Waals surface area contributed by atoms with Crippen LogP contribution in [0.2, 0.25) is 0 Å². The predicted molar refractivity (Wildman–Crippen MR) is 152 cm³/mol. The van der Waals surface area contributed by atoms with Crippen molar-refractivity contribution < 1.29 is 22.6 Å². The molecule has 2 aromatic carbocycles. The normalized spacial score (nSPS) is 11.7. The summed E-state index contributed by atoms with van der Waals surface area (Å²) in [5.41, 5.74) is 3.26. The van der Waals surface area contributed by atoms with Crippen LogP contribution in [0, 0.1) is 6.92 Å². The van der Waals surface area contributed by atoms with Crippen LogP contribution in [0.1, 0.15) is 30.2 Å². The number of pyridine rings is 1. The number of aromatic nitrogens is 2. The molecule has 2 aromatic heterocycles. The summed E-state index contributed by atoms with van der Waals surface area (Å²) in [5.74, 6) is 2.12. The van der Waals surface area contributed by atoms with E-state index in [2.05, 4.69) is 23.1 Å². The molecule has 0 aliphatic heterocycles. The number of benzene rings is 2. The van der Waals surface area contributed by atoms with Gasteiger partial charge in [-0.1, -0.05) is 19.1 Å². The molecule has 0 saturated carbocycles. The van der Waals surface area contributed by atoms with Gasteiger partial charge in [-0.05, 0) is 86.8 Å². The fraction of sp³-hybridized carbons (Fsp3) is 0.367. The lowest BCUT2D eigenvalue weighted by atomic mass is 10.1. The maximum absolute atomic E-state index is 13.6. The Kier molecular flexibility index (Phi) is 9.14. The summed E-state index contributed by atoms with van der Waals surface area (Å²) < 4.78 is 45.5. The van der Waals surface area contributed by atoms with Crippen LogP contribution in [0.25, 0.3) is 5.52 Å². The Morgan fingerprint density at radius 3 is 2.41 bits per heavy atom. The molecule has 2 heterocycles. The van der Waals surface area contributed by atoms with E-state index in [1.807, 2.05) is 38.1 Å². The molecule has 208 valence electrons. The second kappa shape index (κ2) is 12.5. The van der Waals surface area contributed by atoms with Crippen LogP contribution < -0.4 is 14.2 Å². The van der Waals surface area contributed by atoms with Crippen molar-refractivity contribution in [2.45, 2.75) is 42.9 Å². The Balaban J connectivity index is 1.31. The van der Waals surface area contributed by atoms with E-state index in [0.29, 0.717) is 30.0 Å². The van der Waals surface area contributed by atoms with Crippen LogP contribution in [0.5, 0.6) is 17.2 Å². The molecule has 0 spiro atoms. The Morgan fingerprint density at radius 2 is 1.72 bits per heavy atom. The molecule has 0 bridgehead atoms. The van der Waals surface area contributed by atoms with Gasteiger partial charge < -0.3 is 19.1 Å². The number of methoxy groups -OCH3 is 2. The first-order valence-electron chi connectivity index (χ1n) is 13.1. The fourth-order valence-electron chi connectivity index (χ4n) is 4.62. The molecule has 0 radical (unpaired) electrons. The number of ether oxygens (including phenoxy) is 3. The second-order valence-electron chi connectivity index (χ2n) is 9.53. The number of rotatable bonds is 13. The van der Waals surface area contributed by atoms with Gasteiger partial charge >= 0.3 is 0 Å². The molecule has 0 unspecified atom stereocenters. The van der Waals surface area contributed by atoms with E-state index in [1.165, 1.54) is 5.56 Å². The first-order chi connectivity index (χ1) is 18.8. The predicted octanol–water partition coefficient (Wildman–Crippen LogP) is 5.00. The number of fused-ring (bicyclic) bond motifs is 1. The van der Waals surface area contributed by atoms with Crippen LogP contribution in [-0.2, 0) is 22.7 Å². The minimum absolute atomic E-state index is 0.234. The van der Waals surface area contributed by atoms with Gasteiger partial charge in [0.15, 0.2) is 11.5 Å². The average Bonchev–Trinajstić information content (AvgIpc) is 3.35. The maximum Gasteiger partial charge on any atom is 0.210 e. The van der Waals surface area contributed by atoms with Gasteiger partial charge in [-0.2, -0.15) is 5.10 Å². The Morgan fingerprint density at radius 1 is 0.974 bits per heavy atom. The average molecular weight is 552 g/mol. The molecular formula is C30H37N3O5S. The van der Waals surface area contributed by atoms with Gasteiger partial charge in [0.2, 0.25) is 9.84 Å². The van der Waals surface area contributed by atoms with Crippen LogP contribution in [0.15, 0.2) is 70.6 Å². The lowest BCUT2D eigenvalue weighted by molar-refractivity contribution is 0.264.